The highest BCUT2D eigenvalue weighted by molar-refractivity contribution is 6.05. The van der Waals surface area contributed by atoms with Crippen LogP contribution >= 0.6 is 0 Å². The van der Waals surface area contributed by atoms with Gasteiger partial charge in [0.2, 0.25) is 0 Å². The fraction of sp³-hybridized carbons (Fsp3) is 0.125. The Morgan fingerprint density at radius 2 is 1.67 bits per heavy atom. The number of aromatic carboxylic acids is 1. The number of carbonyl (C=O) groups excluding carboxylic acids is 1. The van der Waals surface area contributed by atoms with Crippen molar-refractivity contribution < 1.29 is 19.1 Å². The van der Waals surface area contributed by atoms with E-state index < -0.39 is 17.7 Å². The van der Waals surface area contributed by atoms with Gasteiger partial charge in [-0.25, -0.2) is 9.18 Å². The summed E-state index contributed by atoms with van der Waals surface area (Å²) >= 11 is 0. The Hall–Kier alpha value is -2.69. The molecule has 0 saturated heterocycles. The summed E-state index contributed by atoms with van der Waals surface area (Å²) in [5.74, 6) is -2.35. The third-order valence-corrected chi connectivity index (χ3v) is 3.23. The van der Waals surface area contributed by atoms with Crippen LogP contribution in [0.1, 0.15) is 31.8 Å². The van der Waals surface area contributed by atoms with Crippen LogP contribution in [0, 0.1) is 19.7 Å². The number of hydrogen-bond acceptors (Lipinski definition) is 2. The number of carboxylic acid groups (broad SMARTS) is 1. The summed E-state index contributed by atoms with van der Waals surface area (Å²) in [5.41, 5.74) is 2.14. The van der Waals surface area contributed by atoms with E-state index in [2.05, 4.69) is 5.32 Å². The van der Waals surface area contributed by atoms with Crippen LogP contribution in [0.3, 0.4) is 0 Å². The molecule has 0 radical (unpaired) electrons. The molecule has 0 aliphatic carbocycles. The van der Waals surface area contributed by atoms with Crippen LogP contribution < -0.4 is 5.32 Å². The minimum absolute atomic E-state index is 0.0909. The van der Waals surface area contributed by atoms with Crippen LogP contribution in [0.15, 0.2) is 36.4 Å². The van der Waals surface area contributed by atoms with E-state index in [1.165, 1.54) is 0 Å². The maximum atomic E-state index is 13.6. The van der Waals surface area contributed by atoms with Gasteiger partial charge in [0.15, 0.2) is 0 Å². The maximum absolute atomic E-state index is 13.6. The second-order valence-corrected chi connectivity index (χ2v) is 4.75. The van der Waals surface area contributed by atoms with Crippen LogP contribution in [0.2, 0.25) is 0 Å². The summed E-state index contributed by atoms with van der Waals surface area (Å²) in [6, 6.07) is 8.38. The largest absolute Gasteiger partial charge is 0.478 e. The van der Waals surface area contributed by atoms with Crippen molar-refractivity contribution >= 4 is 17.6 Å². The average Bonchev–Trinajstić information content (AvgIpc) is 2.43. The van der Waals surface area contributed by atoms with E-state index in [1.54, 1.807) is 18.2 Å². The fourth-order valence-electron chi connectivity index (χ4n) is 1.83. The Morgan fingerprint density at radius 1 is 1.00 bits per heavy atom. The van der Waals surface area contributed by atoms with Crippen molar-refractivity contribution in [2.75, 3.05) is 5.32 Å². The van der Waals surface area contributed by atoms with Gasteiger partial charge in [0.25, 0.3) is 5.91 Å². The minimum atomic E-state index is -1.18. The first-order valence-corrected chi connectivity index (χ1v) is 6.30. The molecule has 0 spiro atoms. The molecule has 2 aromatic rings. The zero-order valence-corrected chi connectivity index (χ0v) is 11.6. The van der Waals surface area contributed by atoms with Crippen molar-refractivity contribution in [3.05, 3.63) is 64.5 Å². The summed E-state index contributed by atoms with van der Waals surface area (Å²) in [5, 5.41) is 11.3. The van der Waals surface area contributed by atoms with Crippen molar-refractivity contribution in [1.82, 2.24) is 0 Å². The number of anilines is 1. The summed E-state index contributed by atoms with van der Waals surface area (Å²) in [7, 11) is 0. The highest BCUT2D eigenvalue weighted by atomic mass is 19.1. The number of amides is 1. The molecule has 0 saturated carbocycles. The topological polar surface area (TPSA) is 66.4 Å². The van der Waals surface area contributed by atoms with Gasteiger partial charge in [0, 0.05) is 5.56 Å². The molecule has 0 heterocycles. The van der Waals surface area contributed by atoms with Crippen molar-refractivity contribution in [2.45, 2.75) is 13.8 Å². The van der Waals surface area contributed by atoms with Crippen LogP contribution in [-0.4, -0.2) is 17.0 Å². The number of aryl methyl sites for hydroxylation is 2. The molecule has 2 N–H and O–H groups in total. The van der Waals surface area contributed by atoms with Gasteiger partial charge in [-0.15, -0.1) is 0 Å². The van der Waals surface area contributed by atoms with Gasteiger partial charge in [-0.05, 0) is 55.3 Å². The number of nitrogens with one attached hydrogen (secondary N) is 1. The number of carbonyl (C=O) groups is 2. The number of hydrogen-bond donors (Lipinski definition) is 2. The predicted molar refractivity (Wildman–Crippen MR) is 77.2 cm³/mol. The Balaban J connectivity index is 2.28. The smallest absolute Gasteiger partial charge is 0.335 e. The van der Waals surface area contributed by atoms with Gasteiger partial charge in [-0.2, -0.15) is 0 Å². The van der Waals surface area contributed by atoms with Crippen molar-refractivity contribution in [3.63, 3.8) is 0 Å². The number of halogens is 1. The molecule has 0 aliphatic rings. The third kappa shape index (κ3) is 3.25. The summed E-state index contributed by atoms with van der Waals surface area (Å²) in [4.78, 5) is 23.0. The standard InChI is InChI=1S/C16H14FNO3/c1-9-3-4-11(7-10(9)2)15(19)18-14-8-12(16(20)21)5-6-13(14)17/h3-8H,1-2H3,(H,18,19)(H,20,21). The molecule has 0 fully saturated rings. The zero-order chi connectivity index (χ0) is 15.6. The maximum Gasteiger partial charge on any atom is 0.335 e. The predicted octanol–water partition coefficient (Wildman–Crippen LogP) is 3.39. The molecule has 108 valence electrons. The van der Waals surface area contributed by atoms with Crippen LogP contribution in [0.4, 0.5) is 10.1 Å². The highest BCUT2D eigenvalue weighted by Crippen LogP contribution is 2.18. The van der Waals surface area contributed by atoms with Crippen LogP contribution in [0.25, 0.3) is 0 Å². The molecule has 0 aliphatic heterocycles. The average molecular weight is 287 g/mol. The third-order valence-electron chi connectivity index (χ3n) is 3.23. The molecule has 4 nitrogen and oxygen atoms in total. The van der Waals surface area contributed by atoms with E-state index in [-0.39, 0.29) is 11.3 Å². The minimum Gasteiger partial charge on any atom is -0.478 e. The van der Waals surface area contributed by atoms with Gasteiger partial charge < -0.3 is 10.4 Å². The Labute approximate surface area is 121 Å². The molecule has 0 unspecified atom stereocenters. The number of benzene rings is 2. The van der Waals surface area contributed by atoms with Crippen molar-refractivity contribution in [2.24, 2.45) is 0 Å². The molecule has 5 heteroatoms. The molecule has 2 aromatic carbocycles. The van der Waals surface area contributed by atoms with Crippen LogP contribution in [0.5, 0.6) is 0 Å². The van der Waals surface area contributed by atoms with Crippen molar-refractivity contribution in [1.29, 1.82) is 0 Å². The van der Waals surface area contributed by atoms with Gasteiger partial charge in [0.05, 0.1) is 11.3 Å². The van der Waals surface area contributed by atoms with E-state index in [0.29, 0.717) is 5.56 Å². The van der Waals surface area contributed by atoms with Gasteiger partial charge in [0.1, 0.15) is 5.82 Å². The van der Waals surface area contributed by atoms with Crippen LogP contribution in [-0.2, 0) is 0 Å². The van der Waals surface area contributed by atoms with Crippen molar-refractivity contribution in [3.8, 4) is 0 Å². The Morgan fingerprint density at radius 3 is 2.29 bits per heavy atom. The van der Waals surface area contributed by atoms with E-state index in [0.717, 1.165) is 29.3 Å². The normalized spacial score (nSPS) is 10.2. The van der Waals surface area contributed by atoms with E-state index >= 15 is 0 Å². The molecule has 1 amide bonds. The first kappa shape index (κ1) is 14.7. The molecule has 0 atom stereocenters. The Kier molecular flexibility index (Phi) is 4.03. The molecule has 0 bridgehead atoms. The monoisotopic (exact) mass is 287 g/mol. The quantitative estimate of drug-likeness (QED) is 0.909. The Bertz CT molecular complexity index is 725. The number of carboxylic acids is 1. The zero-order valence-electron chi connectivity index (χ0n) is 11.6. The first-order chi connectivity index (χ1) is 9.88. The molecular weight excluding hydrogens is 273 g/mol. The van der Waals surface area contributed by atoms with Gasteiger partial charge >= 0.3 is 5.97 Å². The molecule has 0 aromatic heterocycles. The summed E-state index contributed by atoms with van der Waals surface area (Å²) < 4.78 is 13.6. The van der Waals surface area contributed by atoms with Gasteiger partial charge in [-0.1, -0.05) is 6.07 Å². The second-order valence-electron chi connectivity index (χ2n) is 4.75. The van der Waals surface area contributed by atoms with Gasteiger partial charge in [-0.3, -0.25) is 4.79 Å². The summed E-state index contributed by atoms with van der Waals surface area (Å²) in [6.45, 7) is 3.80. The van der Waals surface area contributed by atoms with E-state index in [1.807, 2.05) is 13.8 Å². The summed E-state index contributed by atoms with van der Waals surface area (Å²) in [6.07, 6.45) is 0. The first-order valence-electron chi connectivity index (χ1n) is 6.30. The van der Waals surface area contributed by atoms with E-state index in [9.17, 15) is 14.0 Å². The lowest BCUT2D eigenvalue weighted by molar-refractivity contribution is 0.0696. The fourth-order valence-corrected chi connectivity index (χ4v) is 1.83. The SMILES string of the molecule is Cc1ccc(C(=O)Nc2cc(C(=O)O)ccc2F)cc1C. The lowest BCUT2D eigenvalue weighted by Gasteiger charge is -2.09. The lowest BCUT2D eigenvalue weighted by Crippen LogP contribution is -2.14. The second kappa shape index (κ2) is 5.75. The molecule has 21 heavy (non-hydrogen) atoms. The molecular formula is C16H14FNO3. The number of rotatable bonds is 3. The van der Waals surface area contributed by atoms with E-state index in [4.69, 9.17) is 5.11 Å². The molecule has 2 rings (SSSR count). The lowest BCUT2D eigenvalue weighted by atomic mass is 10.1. The highest BCUT2D eigenvalue weighted by Gasteiger charge is 2.12.